The summed E-state index contributed by atoms with van der Waals surface area (Å²) >= 11 is 0. The number of halogens is 9. The van der Waals surface area contributed by atoms with Crippen molar-refractivity contribution in [2.75, 3.05) is 52.8 Å². The maximum Gasteiger partial charge on any atom is 0.490 e. The van der Waals surface area contributed by atoms with Crippen LogP contribution in [0.5, 0.6) is 11.5 Å². The largest absolute Gasteiger partial charge is 0.497 e. The third kappa shape index (κ3) is 13.7. The van der Waals surface area contributed by atoms with Gasteiger partial charge in [0, 0.05) is 31.9 Å². The van der Waals surface area contributed by atoms with E-state index in [1.54, 1.807) is 13.3 Å². The van der Waals surface area contributed by atoms with Crippen LogP contribution in [-0.4, -0.2) is 125 Å². The van der Waals surface area contributed by atoms with Gasteiger partial charge in [-0.05, 0) is 62.0 Å². The number of ether oxygens (including phenoxy) is 2. The predicted octanol–water partition coefficient (Wildman–Crippen LogP) is 4.94. The number of nitrogens with zero attached hydrogens (tertiary/aromatic N) is 4. The average molecular weight is 817 g/mol. The molecule has 0 radical (unpaired) electrons. The third-order valence-corrected chi connectivity index (χ3v) is 7.22. The molecule has 5 N–H and O–H groups in total. The first kappa shape index (κ1) is 46.1. The lowest BCUT2D eigenvalue weighted by Gasteiger charge is -2.26. The number of aromatic nitrogens is 4. The molecule has 0 amide bonds. The van der Waals surface area contributed by atoms with Crippen LogP contribution in [0, 0.1) is 0 Å². The fourth-order valence-corrected chi connectivity index (χ4v) is 4.45. The molecule has 1 unspecified atom stereocenters. The van der Waals surface area contributed by atoms with Gasteiger partial charge in [0.15, 0.2) is 0 Å². The Morgan fingerprint density at radius 1 is 0.875 bits per heavy atom. The summed E-state index contributed by atoms with van der Waals surface area (Å²) in [6, 6.07) is 9.77. The van der Waals surface area contributed by atoms with E-state index in [2.05, 4.69) is 31.0 Å². The lowest BCUT2D eigenvalue weighted by atomic mass is 9.95. The summed E-state index contributed by atoms with van der Waals surface area (Å²) < 4.78 is 107. The van der Waals surface area contributed by atoms with Gasteiger partial charge in [0.2, 0.25) is 0 Å². The van der Waals surface area contributed by atoms with E-state index in [0.717, 1.165) is 47.0 Å². The number of alkyl halides is 9. The minimum absolute atomic E-state index is 0.0693. The van der Waals surface area contributed by atoms with E-state index in [9.17, 15) is 44.3 Å². The van der Waals surface area contributed by atoms with Gasteiger partial charge in [0.25, 0.3) is 5.56 Å². The van der Waals surface area contributed by atoms with Crippen molar-refractivity contribution in [2.24, 2.45) is 0 Å². The number of benzene rings is 2. The van der Waals surface area contributed by atoms with E-state index in [4.69, 9.17) is 44.2 Å². The number of carboxylic acids is 3. The molecule has 2 aromatic heterocycles. The zero-order valence-electron chi connectivity index (χ0n) is 29.4. The van der Waals surface area contributed by atoms with E-state index in [-0.39, 0.29) is 11.5 Å². The summed E-state index contributed by atoms with van der Waals surface area (Å²) in [4.78, 5) is 52.4. The molecule has 3 heterocycles. The van der Waals surface area contributed by atoms with E-state index in [1.807, 2.05) is 51.6 Å². The number of rotatable bonds is 7. The molecule has 0 bridgehead atoms. The zero-order chi connectivity index (χ0) is 42.8. The maximum atomic E-state index is 13.3. The number of fused-ring (bicyclic) bond motifs is 2. The number of anilines is 1. The highest BCUT2D eigenvalue weighted by Gasteiger charge is 2.39. The van der Waals surface area contributed by atoms with Gasteiger partial charge in [-0.2, -0.15) is 44.6 Å². The number of H-pyrrole nitrogens is 2. The highest BCUT2D eigenvalue weighted by Crippen LogP contribution is 2.35. The van der Waals surface area contributed by atoms with Crippen LogP contribution in [0.3, 0.4) is 0 Å². The first-order valence-corrected chi connectivity index (χ1v) is 15.4. The summed E-state index contributed by atoms with van der Waals surface area (Å²) in [6.07, 6.45) is -11.0. The molecule has 15 nitrogen and oxygen atoms in total. The molecule has 56 heavy (non-hydrogen) atoms. The van der Waals surface area contributed by atoms with Crippen LogP contribution in [0.15, 0.2) is 47.5 Å². The topological polar surface area (TPSA) is 211 Å². The number of aromatic amines is 2. The Bertz CT molecular complexity index is 1960. The Morgan fingerprint density at radius 2 is 1.43 bits per heavy atom. The summed E-state index contributed by atoms with van der Waals surface area (Å²) in [7, 11) is 7.78. The van der Waals surface area contributed by atoms with E-state index >= 15 is 0 Å². The molecular weight excluding hydrogens is 783 g/mol. The predicted molar refractivity (Wildman–Crippen MR) is 178 cm³/mol. The molecule has 0 aliphatic carbocycles. The second-order valence-electron chi connectivity index (χ2n) is 11.6. The minimum Gasteiger partial charge on any atom is -0.497 e. The van der Waals surface area contributed by atoms with Gasteiger partial charge >= 0.3 is 36.4 Å². The Hall–Kier alpha value is -6.07. The van der Waals surface area contributed by atoms with Crippen LogP contribution in [0.25, 0.3) is 22.0 Å². The van der Waals surface area contributed by atoms with Crippen molar-refractivity contribution >= 4 is 34.5 Å². The van der Waals surface area contributed by atoms with Gasteiger partial charge in [0.05, 0.1) is 36.9 Å². The van der Waals surface area contributed by atoms with Crippen LogP contribution in [0.2, 0.25) is 0 Å². The van der Waals surface area contributed by atoms with Crippen molar-refractivity contribution in [1.82, 2.24) is 25.1 Å². The van der Waals surface area contributed by atoms with Gasteiger partial charge in [-0.3, -0.25) is 9.89 Å². The van der Waals surface area contributed by atoms with Gasteiger partial charge in [-0.25, -0.2) is 19.4 Å². The van der Waals surface area contributed by atoms with Crippen molar-refractivity contribution in [2.45, 2.75) is 30.9 Å². The number of likely N-dealkylation sites (N-methyl/N-ethyl adjacent to an activating group) is 2. The molecule has 0 spiro atoms. The van der Waals surface area contributed by atoms with Gasteiger partial charge in [-0.1, -0.05) is 0 Å². The van der Waals surface area contributed by atoms with Gasteiger partial charge in [-0.15, -0.1) is 0 Å². The SMILES string of the molecule is COc1ccc2c(c1)CC(c1nc3c(N(C)CCN(C)C)cc(-c4cn[nH]c4)cc3c(=O)[nH]1)CO2.O=C(O)C(F)(F)F.O=C(O)C(F)(F)F.O=C(O)C(F)(F)F. The summed E-state index contributed by atoms with van der Waals surface area (Å²) in [5.41, 5.74) is 4.32. The molecule has 5 rings (SSSR count). The average Bonchev–Trinajstić information content (AvgIpc) is 3.65. The molecule has 1 atom stereocenters. The molecular formula is C32H33F9N6O9. The van der Waals surface area contributed by atoms with Crippen LogP contribution >= 0.6 is 0 Å². The molecule has 0 fully saturated rings. The summed E-state index contributed by atoms with van der Waals surface area (Å²) in [6.45, 7) is 2.12. The van der Waals surface area contributed by atoms with Crippen molar-refractivity contribution in [1.29, 1.82) is 0 Å². The lowest BCUT2D eigenvalue weighted by Crippen LogP contribution is -2.29. The summed E-state index contributed by atoms with van der Waals surface area (Å²) in [5, 5.41) is 28.9. The number of aliphatic carboxylic acids is 3. The lowest BCUT2D eigenvalue weighted by molar-refractivity contribution is -0.193. The molecule has 0 saturated heterocycles. The van der Waals surface area contributed by atoms with E-state index in [0.29, 0.717) is 29.8 Å². The number of carbonyl (C=O) groups is 3. The number of nitrogens with one attached hydrogen (secondary N) is 2. The smallest absolute Gasteiger partial charge is 0.490 e. The number of carboxylic acid groups (broad SMARTS) is 3. The quantitative estimate of drug-likeness (QED) is 0.157. The van der Waals surface area contributed by atoms with Crippen molar-refractivity contribution in [3.63, 3.8) is 0 Å². The van der Waals surface area contributed by atoms with E-state index in [1.165, 1.54) is 0 Å². The van der Waals surface area contributed by atoms with Crippen LogP contribution in [-0.2, 0) is 20.8 Å². The molecule has 4 aromatic rings. The fourth-order valence-electron chi connectivity index (χ4n) is 4.45. The third-order valence-electron chi connectivity index (χ3n) is 7.22. The Balaban J connectivity index is 0.000000423. The highest BCUT2D eigenvalue weighted by molar-refractivity contribution is 5.94. The second-order valence-corrected chi connectivity index (χ2v) is 11.6. The zero-order valence-corrected chi connectivity index (χ0v) is 29.4. The first-order chi connectivity index (χ1) is 25.8. The first-order valence-electron chi connectivity index (χ1n) is 15.4. The molecule has 2 aromatic carbocycles. The minimum atomic E-state index is -5.08. The molecule has 308 valence electrons. The van der Waals surface area contributed by atoms with Crippen molar-refractivity contribution < 1.29 is 78.7 Å². The van der Waals surface area contributed by atoms with Crippen molar-refractivity contribution in [3.05, 3.63) is 64.5 Å². The Kier molecular flexibility index (Phi) is 15.6. The van der Waals surface area contributed by atoms with Crippen LogP contribution in [0.4, 0.5) is 45.2 Å². The number of methoxy groups -OCH3 is 1. The Morgan fingerprint density at radius 3 is 1.89 bits per heavy atom. The van der Waals surface area contributed by atoms with Crippen molar-refractivity contribution in [3.8, 4) is 22.6 Å². The van der Waals surface area contributed by atoms with Crippen LogP contribution < -0.4 is 19.9 Å². The maximum absolute atomic E-state index is 13.3. The number of hydrogen-bond donors (Lipinski definition) is 5. The van der Waals surface area contributed by atoms with E-state index < -0.39 is 36.4 Å². The Labute approximate surface area is 309 Å². The van der Waals surface area contributed by atoms with Crippen LogP contribution in [0.1, 0.15) is 17.3 Å². The highest BCUT2D eigenvalue weighted by atomic mass is 19.4. The van der Waals surface area contributed by atoms with Gasteiger partial charge in [0.1, 0.15) is 22.8 Å². The van der Waals surface area contributed by atoms with Gasteiger partial charge < -0.3 is 39.6 Å². The monoisotopic (exact) mass is 816 g/mol. The molecule has 24 heteroatoms. The molecule has 1 aliphatic rings. The second kappa shape index (κ2) is 19.0. The summed E-state index contributed by atoms with van der Waals surface area (Å²) in [5.74, 6) is -6.08. The fraction of sp³-hybridized carbons (Fsp3) is 0.375. The molecule has 0 saturated carbocycles. The standard InChI is InChI=1S/C26H30N6O3.3C2HF3O2/c1-31(2)7-8-32(3)22-12-16(19-13-27-28-14-19)11-21-24(22)29-25(30-26(21)33)18-9-17-10-20(34-4)5-6-23(17)35-15-18;3*3-2(4,5)1(6)7/h5-6,10-14,18H,7-9,15H2,1-4H3,(H,27,28)(H,29,30,33);3*(H,6,7). The normalized spacial score (nSPS) is 13.7. The number of hydrogen-bond acceptors (Lipinski definition) is 10. The molecule has 1 aliphatic heterocycles.